The molecule has 0 aliphatic heterocycles. The van der Waals surface area contributed by atoms with Crippen LogP contribution in [-0.4, -0.2) is 15.5 Å². The minimum atomic E-state index is -1.64. The Kier molecular flexibility index (Phi) is 4.28. The fraction of sp³-hybridized carbons (Fsp3) is 0.818. The van der Waals surface area contributed by atoms with Crippen LogP contribution in [0.25, 0.3) is 0 Å². The molecule has 0 saturated heterocycles. The zero-order valence-corrected chi connectivity index (χ0v) is 13.7. The zero-order chi connectivity index (χ0) is 11.8. The van der Waals surface area contributed by atoms with Gasteiger partial charge in [0, 0.05) is 0 Å². The molecule has 0 atom stereocenters. The van der Waals surface area contributed by atoms with E-state index in [-0.39, 0.29) is 5.41 Å². The van der Waals surface area contributed by atoms with E-state index in [2.05, 4.69) is 59.6 Å². The van der Waals surface area contributed by atoms with Gasteiger partial charge in [-0.15, -0.1) is 0 Å². The molecule has 84 valence electrons. The van der Waals surface area contributed by atoms with Crippen molar-refractivity contribution in [2.24, 2.45) is 5.41 Å². The van der Waals surface area contributed by atoms with Crippen molar-refractivity contribution in [2.75, 3.05) is 0 Å². The molecule has 0 rings (SSSR count). The Labute approximate surface area is 96.5 Å². The summed E-state index contributed by atoms with van der Waals surface area (Å²) in [7, 11) is -2.88. The van der Waals surface area contributed by atoms with Gasteiger partial charge in [0.1, 0.15) is 0 Å². The molecule has 0 fully saturated rings. The quantitative estimate of drug-likeness (QED) is 0.486. The van der Waals surface area contributed by atoms with Gasteiger partial charge in [0.05, 0.1) is 8.07 Å². The molecular formula is C11H25ClSi2. The van der Waals surface area contributed by atoms with Crippen molar-refractivity contribution in [1.82, 2.24) is 0 Å². The van der Waals surface area contributed by atoms with Gasteiger partial charge in [0.25, 0.3) is 0 Å². The first-order chi connectivity index (χ1) is 5.84. The third-order valence-electron chi connectivity index (χ3n) is 2.03. The van der Waals surface area contributed by atoms with Gasteiger partial charge in [-0.05, 0) is 5.41 Å². The molecular weight excluding hydrogens is 224 g/mol. The van der Waals surface area contributed by atoms with Crippen molar-refractivity contribution in [3.05, 3.63) is 10.9 Å². The molecule has 0 radical (unpaired) electrons. The van der Waals surface area contributed by atoms with E-state index >= 15 is 0 Å². The summed E-state index contributed by atoms with van der Waals surface area (Å²) >= 11 is 6.60. The summed E-state index contributed by atoms with van der Waals surface area (Å²) in [6.45, 7) is 18.4. The lowest BCUT2D eigenvalue weighted by atomic mass is 9.98. The fourth-order valence-corrected chi connectivity index (χ4v) is 13.2. The van der Waals surface area contributed by atoms with E-state index in [1.807, 2.05) is 0 Å². The Hall–Kier alpha value is 0.464. The maximum atomic E-state index is 6.60. The molecule has 0 aromatic carbocycles. The smallest absolute Gasteiger partial charge is 0.162 e. The van der Waals surface area contributed by atoms with Gasteiger partial charge >= 0.3 is 0 Å². The van der Waals surface area contributed by atoms with Crippen LogP contribution in [-0.2, 0) is 0 Å². The highest BCUT2D eigenvalue weighted by Crippen LogP contribution is 2.32. The summed E-state index contributed by atoms with van der Waals surface area (Å²) in [5, 5.41) is 0. The van der Waals surface area contributed by atoms with Gasteiger partial charge in [0.2, 0.25) is 0 Å². The minimum absolute atomic E-state index is 0.259. The average Bonchev–Trinajstić information content (AvgIpc) is 1.75. The third-order valence-corrected chi connectivity index (χ3v) is 10.4. The highest BCUT2D eigenvalue weighted by Gasteiger charge is 2.34. The highest BCUT2D eigenvalue weighted by atomic mass is 35.6. The second-order valence-electron chi connectivity index (χ2n) is 6.65. The van der Waals surface area contributed by atoms with Crippen LogP contribution in [0.5, 0.6) is 0 Å². The third kappa shape index (κ3) is 5.37. The van der Waals surface area contributed by atoms with Gasteiger partial charge < -0.3 is 0 Å². The van der Waals surface area contributed by atoms with E-state index in [0.29, 0.717) is 0 Å². The predicted octanol–water partition coefficient (Wildman–Crippen LogP) is 4.82. The second-order valence-corrected chi connectivity index (χ2v) is 18.5. The second kappa shape index (κ2) is 4.14. The van der Waals surface area contributed by atoms with E-state index in [0.717, 1.165) is 0 Å². The molecule has 14 heavy (non-hydrogen) atoms. The first kappa shape index (κ1) is 14.5. The summed E-state index contributed by atoms with van der Waals surface area (Å²) in [6.07, 6.45) is 2.43. The average molecular weight is 249 g/mol. The van der Waals surface area contributed by atoms with Crippen molar-refractivity contribution >= 4 is 26.5 Å². The molecule has 0 aromatic rings. The molecule has 0 aromatic heterocycles. The maximum absolute atomic E-state index is 6.60. The normalized spacial score (nSPS) is 15.9. The van der Waals surface area contributed by atoms with Crippen molar-refractivity contribution in [3.63, 3.8) is 0 Å². The van der Waals surface area contributed by atoms with Gasteiger partial charge in [0.15, 0.2) is 7.38 Å². The van der Waals surface area contributed by atoms with Crippen molar-refractivity contribution in [1.29, 1.82) is 0 Å². The van der Waals surface area contributed by atoms with Crippen molar-refractivity contribution < 1.29 is 0 Å². The largest absolute Gasteiger partial charge is 0.172 e. The van der Waals surface area contributed by atoms with E-state index < -0.39 is 15.5 Å². The predicted molar refractivity (Wildman–Crippen MR) is 74.2 cm³/mol. The van der Waals surface area contributed by atoms with Gasteiger partial charge in [-0.1, -0.05) is 64.4 Å². The van der Waals surface area contributed by atoms with Crippen LogP contribution < -0.4 is 0 Å². The number of hydrogen-bond acceptors (Lipinski definition) is 0. The molecule has 0 heterocycles. The standard InChI is InChI=1S/C11H25ClSi2/c1-11(2,3)9-10(13(4,5)6)14(7,8)12/h9H,1-8H3/b10-9+. The van der Waals surface area contributed by atoms with Crippen LogP contribution in [0, 0.1) is 5.41 Å². The Morgan fingerprint density at radius 2 is 1.36 bits per heavy atom. The van der Waals surface area contributed by atoms with Crippen LogP contribution in [0.1, 0.15) is 20.8 Å². The maximum Gasteiger partial charge on any atom is 0.172 e. The van der Waals surface area contributed by atoms with Gasteiger partial charge in [-0.2, -0.15) is 11.1 Å². The lowest BCUT2D eigenvalue weighted by Crippen LogP contribution is -2.39. The Morgan fingerprint density at radius 3 is 1.43 bits per heavy atom. The molecule has 0 bridgehead atoms. The Morgan fingerprint density at radius 1 is 1.00 bits per heavy atom. The first-order valence-corrected chi connectivity index (χ1v) is 12.8. The Balaban J connectivity index is 5.26. The molecule has 0 spiro atoms. The Bertz CT molecular complexity index is 207. The summed E-state index contributed by atoms with van der Waals surface area (Å²) in [4.78, 5) is 1.60. The molecule has 0 aliphatic carbocycles. The van der Waals surface area contributed by atoms with E-state index in [9.17, 15) is 0 Å². The van der Waals surface area contributed by atoms with E-state index in [4.69, 9.17) is 11.1 Å². The molecule has 0 N–H and O–H groups in total. The van der Waals surface area contributed by atoms with Gasteiger partial charge in [-0.25, -0.2) is 0 Å². The van der Waals surface area contributed by atoms with E-state index in [1.54, 1.807) is 4.82 Å². The zero-order valence-electron chi connectivity index (χ0n) is 11.0. The lowest BCUT2D eigenvalue weighted by Gasteiger charge is -2.32. The van der Waals surface area contributed by atoms with E-state index in [1.165, 1.54) is 0 Å². The summed E-state index contributed by atoms with van der Waals surface area (Å²) in [6, 6.07) is 0. The molecule has 0 amide bonds. The topological polar surface area (TPSA) is 0 Å². The van der Waals surface area contributed by atoms with Crippen molar-refractivity contribution in [2.45, 2.75) is 53.5 Å². The lowest BCUT2D eigenvalue weighted by molar-refractivity contribution is 0.543. The SMILES string of the molecule is CC(C)(C)/C=C(\[Si](C)(C)C)[Si](C)(C)Cl. The monoisotopic (exact) mass is 248 g/mol. The first-order valence-electron chi connectivity index (χ1n) is 5.27. The fourth-order valence-electron chi connectivity index (χ4n) is 1.71. The van der Waals surface area contributed by atoms with Crippen LogP contribution in [0.15, 0.2) is 10.9 Å². The van der Waals surface area contributed by atoms with Gasteiger partial charge in [-0.3, -0.25) is 0 Å². The number of hydrogen-bond donors (Lipinski definition) is 0. The van der Waals surface area contributed by atoms with Crippen molar-refractivity contribution in [3.8, 4) is 0 Å². The number of rotatable bonds is 2. The summed E-state index contributed by atoms with van der Waals surface area (Å²) in [5.41, 5.74) is 0.259. The molecule has 0 nitrogen and oxygen atoms in total. The summed E-state index contributed by atoms with van der Waals surface area (Å²) in [5.74, 6) is 0. The van der Waals surface area contributed by atoms with Crippen LogP contribution in [0.4, 0.5) is 0 Å². The number of halogens is 1. The number of allylic oxidation sites excluding steroid dienone is 1. The minimum Gasteiger partial charge on any atom is -0.162 e. The highest BCUT2D eigenvalue weighted by molar-refractivity contribution is 7.29. The molecule has 0 unspecified atom stereocenters. The van der Waals surface area contributed by atoms with Crippen LogP contribution in [0.3, 0.4) is 0 Å². The summed E-state index contributed by atoms with van der Waals surface area (Å²) < 4.78 is 0. The van der Waals surface area contributed by atoms with Crippen LogP contribution >= 0.6 is 11.1 Å². The van der Waals surface area contributed by atoms with Crippen LogP contribution in [0.2, 0.25) is 32.7 Å². The molecule has 3 heteroatoms. The molecule has 0 aliphatic rings. The molecule has 0 saturated carbocycles.